The van der Waals surface area contributed by atoms with E-state index in [0.717, 1.165) is 24.2 Å². The van der Waals surface area contributed by atoms with E-state index in [1.54, 1.807) is 0 Å². The van der Waals surface area contributed by atoms with Crippen LogP contribution in [0.15, 0.2) is 12.1 Å². The Hall–Kier alpha value is -1.02. The van der Waals surface area contributed by atoms with E-state index in [1.807, 2.05) is 0 Å². The van der Waals surface area contributed by atoms with Gasteiger partial charge in [-0.05, 0) is 55.4 Å². The van der Waals surface area contributed by atoms with Crippen LogP contribution in [0, 0.1) is 0 Å². The van der Waals surface area contributed by atoms with Crippen LogP contribution in [-0.4, -0.2) is 11.2 Å². The summed E-state index contributed by atoms with van der Waals surface area (Å²) in [6.45, 7) is 2.06. The zero-order valence-corrected chi connectivity index (χ0v) is 9.70. The summed E-state index contributed by atoms with van der Waals surface area (Å²) in [6, 6.07) is 4.33. The molecule has 1 aromatic rings. The fourth-order valence-corrected chi connectivity index (χ4v) is 2.85. The Labute approximate surface area is 96.2 Å². The normalized spacial score (nSPS) is 27.1. The molecule has 2 atom stereocenters. The van der Waals surface area contributed by atoms with Crippen LogP contribution in [0.3, 0.4) is 0 Å². The molecule has 0 aromatic heterocycles. The van der Waals surface area contributed by atoms with E-state index >= 15 is 0 Å². The first-order chi connectivity index (χ1) is 7.79. The standard InChI is InChI=1S/C14H18O2/c1-2-12-14(15)11-7-9-5-3-4-6-10(9)8-13(11)16-12/h7-8,12,14-15H,2-6H2,1H3. The van der Waals surface area contributed by atoms with Crippen LogP contribution < -0.4 is 4.74 Å². The monoisotopic (exact) mass is 218 g/mol. The number of benzene rings is 1. The van der Waals surface area contributed by atoms with Crippen molar-refractivity contribution in [1.29, 1.82) is 0 Å². The van der Waals surface area contributed by atoms with E-state index in [-0.39, 0.29) is 6.10 Å². The summed E-state index contributed by atoms with van der Waals surface area (Å²) in [7, 11) is 0. The van der Waals surface area contributed by atoms with Gasteiger partial charge < -0.3 is 9.84 Å². The second kappa shape index (κ2) is 3.77. The molecule has 0 saturated heterocycles. The van der Waals surface area contributed by atoms with Crippen molar-refractivity contribution in [2.45, 2.75) is 51.2 Å². The SMILES string of the molecule is CCC1Oc2cc3c(cc2C1O)CCCC3. The maximum atomic E-state index is 10.1. The molecule has 0 spiro atoms. The molecule has 16 heavy (non-hydrogen) atoms. The van der Waals surface area contributed by atoms with E-state index in [9.17, 15) is 5.11 Å². The maximum absolute atomic E-state index is 10.1. The molecule has 86 valence electrons. The quantitative estimate of drug-likeness (QED) is 0.785. The summed E-state index contributed by atoms with van der Waals surface area (Å²) in [5.74, 6) is 0.917. The summed E-state index contributed by atoms with van der Waals surface area (Å²) in [6.07, 6.45) is 5.28. The first-order valence-corrected chi connectivity index (χ1v) is 6.30. The number of aryl methyl sites for hydroxylation is 2. The molecule has 2 aliphatic rings. The number of aliphatic hydroxyl groups excluding tert-OH is 1. The van der Waals surface area contributed by atoms with E-state index in [4.69, 9.17) is 4.74 Å². The molecule has 2 heteroatoms. The Morgan fingerprint density at radius 2 is 1.94 bits per heavy atom. The van der Waals surface area contributed by atoms with Crippen LogP contribution in [0.4, 0.5) is 0 Å². The lowest BCUT2D eigenvalue weighted by atomic mass is 9.89. The van der Waals surface area contributed by atoms with Crippen molar-refractivity contribution < 1.29 is 9.84 Å². The third-order valence-electron chi connectivity index (χ3n) is 3.83. The maximum Gasteiger partial charge on any atom is 0.129 e. The third kappa shape index (κ3) is 1.44. The zero-order valence-electron chi connectivity index (χ0n) is 9.70. The summed E-state index contributed by atoms with van der Waals surface area (Å²) in [4.78, 5) is 0. The van der Waals surface area contributed by atoms with E-state index in [2.05, 4.69) is 19.1 Å². The van der Waals surface area contributed by atoms with Crippen LogP contribution in [0.5, 0.6) is 5.75 Å². The number of ether oxygens (including phenoxy) is 1. The fraction of sp³-hybridized carbons (Fsp3) is 0.571. The summed E-state index contributed by atoms with van der Waals surface area (Å²) in [5.41, 5.74) is 3.85. The molecule has 0 saturated carbocycles. The molecule has 1 heterocycles. The number of fused-ring (bicyclic) bond motifs is 2. The predicted octanol–water partition coefficient (Wildman–Crippen LogP) is 2.77. The Morgan fingerprint density at radius 1 is 1.25 bits per heavy atom. The van der Waals surface area contributed by atoms with Crippen LogP contribution >= 0.6 is 0 Å². The molecule has 1 N–H and O–H groups in total. The van der Waals surface area contributed by atoms with Gasteiger partial charge in [-0.3, -0.25) is 0 Å². The number of rotatable bonds is 1. The van der Waals surface area contributed by atoms with Gasteiger partial charge in [0.25, 0.3) is 0 Å². The van der Waals surface area contributed by atoms with Gasteiger partial charge in [-0.1, -0.05) is 6.92 Å². The van der Waals surface area contributed by atoms with Crippen molar-refractivity contribution in [3.8, 4) is 5.75 Å². The lowest BCUT2D eigenvalue weighted by molar-refractivity contribution is 0.0653. The van der Waals surface area contributed by atoms with E-state index < -0.39 is 6.10 Å². The number of hydrogen-bond acceptors (Lipinski definition) is 2. The largest absolute Gasteiger partial charge is 0.487 e. The lowest BCUT2D eigenvalue weighted by Gasteiger charge is -2.16. The molecule has 0 bridgehead atoms. The molecule has 0 radical (unpaired) electrons. The van der Waals surface area contributed by atoms with Gasteiger partial charge in [-0.2, -0.15) is 0 Å². The minimum Gasteiger partial charge on any atom is -0.487 e. The van der Waals surface area contributed by atoms with Crippen molar-refractivity contribution >= 4 is 0 Å². The lowest BCUT2D eigenvalue weighted by Crippen LogP contribution is -2.16. The van der Waals surface area contributed by atoms with Gasteiger partial charge in [-0.15, -0.1) is 0 Å². The van der Waals surface area contributed by atoms with Crippen molar-refractivity contribution in [2.75, 3.05) is 0 Å². The minimum absolute atomic E-state index is 0.0427. The highest BCUT2D eigenvalue weighted by atomic mass is 16.5. The molecule has 2 unspecified atom stereocenters. The van der Waals surface area contributed by atoms with Crippen molar-refractivity contribution in [3.63, 3.8) is 0 Å². The van der Waals surface area contributed by atoms with Gasteiger partial charge in [0.1, 0.15) is 18.0 Å². The van der Waals surface area contributed by atoms with Gasteiger partial charge in [0.2, 0.25) is 0 Å². The zero-order chi connectivity index (χ0) is 11.1. The first-order valence-electron chi connectivity index (χ1n) is 6.30. The van der Waals surface area contributed by atoms with Crippen LogP contribution in [0.25, 0.3) is 0 Å². The Balaban J connectivity index is 2.02. The Kier molecular flexibility index (Phi) is 2.40. The van der Waals surface area contributed by atoms with Crippen LogP contribution in [0.2, 0.25) is 0 Å². The molecular weight excluding hydrogens is 200 g/mol. The van der Waals surface area contributed by atoms with Gasteiger partial charge in [0.05, 0.1) is 0 Å². The smallest absolute Gasteiger partial charge is 0.129 e. The van der Waals surface area contributed by atoms with Crippen LogP contribution in [-0.2, 0) is 12.8 Å². The molecular formula is C14H18O2. The van der Waals surface area contributed by atoms with E-state index in [1.165, 1.54) is 30.4 Å². The van der Waals surface area contributed by atoms with Crippen molar-refractivity contribution in [3.05, 3.63) is 28.8 Å². The first kappa shape index (κ1) is 10.2. The highest BCUT2D eigenvalue weighted by Crippen LogP contribution is 2.40. The van der Waals surface area contributed by atoms with E-state index in [0.29, 0.717) is 0 Å². The molecule has 2 nitrogen and oxygen atoms in total. The summed E-state index contributed by atoms with van der Waals surface area (Å²) >= 11 is 0. The second-order valence-electron chi connectivity index (χ2n) is 4.88. The second-order valence-corrected chi connectivity index (χ2v) is 4.88. The molecule has 1 aliphatic carbocycles. The van der Waals surface area contributed by atoms with Gasteiger partial charge >= 0.3 is 0 Å². The molecule has 0 fully saturated rings. The molecule has 0 amide bonds. The predicted molar refractivity (Wildman–Crippen MR) is 62.8 cm³/mol. The minimum atomic E-state index is -0.424. The Morgan fingerprint density at radius 3 is 2.62 bits per heavy atom. The average Bonchev–Trinajstić information content (AvgIpc) is 2.63. The number of aliphatic hydroxyl groups is 1. The Bertz CT molecular complexity index is 411. The third-order valence-corrected chi connectivity index (χ3v) is 3.83. The summed E-state index contributed by atoms with van der Waals surface area (Å²) < 4.78 is 5.78. The van der Waals surface area contributed by atoms with Crippen molar-refractivity contribution in [2.24, 2.45) is 0 Å². The average molecular weight is 218 g/mol. The molecule has 1 aliphatic heterocycles. The van der Waals surface area contributed by atoms with Gasteiger partial charge in [0.15, 0.2) is 0 Å². The highest BCUT2D eigenvalue weighted by Gasteiger charge is 2.32. The number of hydrogen-bond donors (Lipinski definition) is 1. The fourth-order valence-electron chi connectivity index (χ4n) is 2.85. The van der Waals surface area contributed by atoms with Crippen LogP contribution in [0.1, 0.15) is 49.0 Å². The topological polar surface area (TPSA) is 29.5 Å². The molecule has 1 aromatic carbocycles. The van der Waals surface area contributed by atoms with Gasteiger partial charge in [-0.25, -0.2) is 0 Å². The molecule has 3 rings (SSSR count). The summed E-state index contributed by atoms with van der Waals surface area (Å²) in [5, 5.41) is 10.1. The van der Waals surface area contributed by atoms with Crippen molar-refractivity contribution in [1.82, 2.24) is 0 Å². The highest BCUT2D eigenvalue weighted by molar-refractivity contribution is 5.47. The van der Waals surface area contributed by atoms with Gasteiger partial charge in [0, 0.05) is 5.56 Å².